The molecule has 1 fully saturated rings. The van der Waals surface area contributed by atoms with E-state index in [9.17, 15) is 5.11 Å². The van der Waals surface area contributed by atoms with Crippen molar-refractivity contribution in [3.8, 4) is 11.5 Å². The minimum Gasteiger partial charge on any atom is -0.504 e. The van der Waals surface area contributed by atoms with Crippen molar-refractivity contribution in [1.82, 2.24) is 4.68 Å². The average Bonchev–Trinajstić information content (AvgIpc) is 2.96. The van der Waals surface area contributed by atoms with Gasteiger partial charge in [-0.2, -0.15) is 5.10 Å². The van der Waals surface area contributed by atoms with Crippen molar-refractivity contribution in [3.05, 3.63) is 39.6 Å². The summed E-state index contributed by atoms with van der Waals surface area (Å²) in [4.78, 5) is 5.86. The first-order valence-electron chi connectivity index (χ1n) is 8.88. The van der Waals surface area contributed by atoms with Gasteiger partial charge < -0.3 is 9.84 Å². The Bertz CT molecular complexity index is 801. The second-order valence-corrected chi connectivity index (χ2v) is 7.13. The molecule has 1 heterocycles. The van der Waals surface area contributed by atoms with E-state index in [0.29, 0.717) is 18.4 Å². The van der Waals surface area contributed by atoms with Gasteiger partial charge in [0, 0.05) is 5.38 Å². The number of thiazole rings is 1. The number of aromatic hydroxyl groups is 1. The largest absolute Gasteiger partial charge is 0.504 e. The molecule has 0 radical (unpaired) electrons. The van der Waals surface area contributed by atoms with E-state index < -0.39 is 0 Å². The van der Waals surface area contributed by atoms with Gasteiger partial charge in [0.15, 0.2) is 11.5 Å². The fourth-order valence-corrected chi connectivity index (χ4v) is 3.86. The average molecular weight is 359 g/mol. The highest BCUT2D eigenvalue weighted by Gasteiger charge is 2.12. The molecule has 6 heteroatoms. The molecule has 25 heavy (non-hydrogen) atoms. The fraction of sp³-hybridized carbons (Fsp3) is 0.474. The summed E-state index contributed by atoms with van der Waals surface area (Å²) in [6, 6.07) is 5.67. The molecule has 0 amide bonds. The number of hydrogen-bond donors (Lipinski definition) is 1. The van der Waals surface area contributed by atoms with Crippen LogP contribution in [0.5, 0.6) is 11.5 Å². The third kappa shape index (κ3) is 4.51. The maximum Gasteiger partial charge on any atom is 0.206 e. The highest BCUT2D eigenvalue weighted by atomic mass is 32.1. The standard InChI is InChI=1S/C19H25N3O2S/c1-3-24-18-11-15(9-10-17(18)23)12-20-22-14(2)13-25-19(22)21-16-7-5-4-6-8-16/h9-13,16,23H,3-8H2,1-2H3. The molecule has 0 aliphatic heterocycles. The number of ether oxygens (including phenoxy) is 1. The zero-order chi connectivity index (χ0) is 17.6. The van der Waals surface area contributed by atoms with E-state index >= 15 is 0 Å². The maximum absolute atomic E-state index is 9.80. The molecule has 1 aromatic heterocycles. The molecule has 0 spiro atoms. The molecule has 0 saturated heterocycles. The zero-order valence-corrected chi connectivity index (χ0v) is 15.6. The van der Waals surface area contributed by atoms with Crippen molar-refractivity contribution < 1.29 is 9.84 Å². The predicted molar refractivity (Wildman–Crippen MR) is 102 cm³/mol. The van der Waals surface area contributed by atoms with Crippen LogP contribution in [0.2, 0.25) is 0 Å². The molecule has 2 aromatic rings. The summed E-state index contributed by atoms with van der Waals surface area (Å²) in [7, 11) is 0. The van der Waals surface area contributed by atoms with Crippen molar-refractivity contribution >= 4 is 17.6 Å². The highest BCUT2D eigenvalue weighted by molar-refractivity contribution is 7.07. The third-order valence-corrected chi connectivity index (χ3v) is 5.27. The summed E-state index contributed by atoms with van der Waals surface area (Å²) in [5.41, 5.74) is 1.95. The lowest BCUT2D eigenvalue weighted by Gasteiger charge is -2.16. The number of nitrogens with zero attached hydrogens (tertiary/aromatic N) is 3. The monoisotopic (exact) mass is 359 g/mol. The van der Waals surface area contributed by atoms with E-state index in [-0.39, 0.29) is 5.75 Å². The predicted octanol–water partition coefficient (Wildman–Crippen LogP) is 4.08. The Labute approximate surface area is 152 Å². The molecular weight excluding hydrogens is 334 g/mol. The van der Waals surface area contributed by atoms with E-state index in [1.807, 2.05) is 24.6 Å². The van der Waals surface area contributed by atoms with Crippen LogP contribution in [0, 0.1) is 6.92 Å². The first kappa shape index (κ1) is 17.7. The first-order valence-corrected chi connectivity index (χ1v) is 9.76. The van der Waals surface area contributed by atoms with Gasteiger partial charge in [0.1, 0.15) is 0 Å². The van der Waals surface area contributed by atoms with Gasteiger partial charge in [-0.3, -0.25) is 4.99 Å². The molecule has 0 unspecified atom stereocenters. The van der Waals surface area contributed by atoms with Gasteiger partial charge in [-0.25, -0.2) is 4.68 Å². The van der Waals surface area contributed by atoms with E-state index in [1.165, 1.54) is 32.1 Å². The van der Waals surface area contributed by atoms with Crippen LogP contribution in [0.3, 0.4) is 0 Å². The van der Waals surface area contributed by atoms with Crippen LogP contribution in [-0.2, 0) is 0 Å². The van der Waals surface area contributed by atoms with Crippen LogP contribution in [0.1, 0.15) is 50.3 Å². The van der Waals surface area contributed by atoms with Crippen LogP contribution >= 0.6 is 11.3 Å². The molecule has 1 aliphatic carbocycles. The quantitative estimate of drug-likeness (QED) is 0.818. The van der Waals surface area contributed by atoms with Crippen LogP contribution in [0.4, 0.5) is 0 Å². The molecule has 134 valence electrons. The summed E-state index contributed by atoms with van der Waals surface area (Å²) < 4.78 is 7.32. The van der Waals surface area contributed by atoms with Gasteiger partial charge in [0.25, 0.3) is 0 Å². The Morgan fingerprint density at radius 1 is 1.32 bits per heavy atom. The van der Waals surface area contributed by atoms with Crippen molar-refractivity contribution in [2.75, 3.05) is 6.61 Å². The summed E-state index contributed by atoms with van der Waals surface area (Å²) in [6.07, 6.45) is 8.01. The molecule has 1 saturated carbocycles. The number of hydrogen-bond acceptors (Lipinski definition) is 5. The highest BCUT2D eigenvalue weighted by Crippen LogP contribution is 2.26. The van der Waals surface area contributed by atoms with Crippen molar-refractivity contribution in [1.29, 1.82) is 0 Å². The van der Waals surface area contributed by atoms with Crippen molar-refractivity contribution in [2.24, 2.45) is 10.1 Å². The van der Waals surface area contributed by atoms with E-state index in [4.69, 9.17) is 9.73 Å². The van der Waals surface area contributed by atoms with E-state index in [0.717, 1.165) is 16.1 Å². The molecule has 0 bridgehead atoms. The summed E-state index contributed by atoms with van der Waals surface area (Å²) in [5, 5.41) is 16.5. The SMILES string of the molecule is CCOc1cc(C=Nn2c(C)csc2=NC2CCCCC2)ccc1O. The second-order valence-electron chi connectivity index (χ2n) is 6.30. The van der Waals surface area contributed by atoms with Crippen LogP contribution in [0.25, 0.3) is 0 Å². The normalized spacial score (nSPS) is 16.6. The van der Waals surface area contributed by atoms with Crippen LogP contribution in [-0.4, -0.2) is 28.6 Å². The Hall–Kier alpha value is -2.08. The summed E-state index contributed by atoms with van der Waals surface area (Å²) in [5.74, 6) is 0.622. The molecule has 3 rings (SSSR count). The molecule has 1 aromatic carbocycles. The van der Waals surface area contributed by atoms with E-state index in [1.54, 1.807) is 29.7 Å². The molecular formula is C19H25N3O2S. The Kier molecular flexibility index (Phi) is 5.91. The van der Waals surface area contributed by atoms with Crippen molar-refractivity contribution in [3.63, 3.8) is 0 Å². The first-order chi connectivity index (χ1) is 12.2. The number of aromatic nitrogens is 1. The lowest BCUT2D eigenvalue weighted by Crippen LogP contribution is -2.19. The van der Waals surface area contributed by atoms with E-state index in [2.05, 4.69) is 10.5 Å². The van der Waals surface area contributed by atoms with Gasteiger partial charge >= 0.3 is 0 Å². The van der Waals surface area contributed by atoms with Gasteiger partial charge in [0.2, 0.25) is 4.80 Å². The summed E-state index contributed by atoms with van der Waals surface area (Å²) in [6.45, 7) is 4.44. The number of rotatable bonds is 5. The summed E-state index contributed by atoms with van der Waals surface area (Å²) >= 11 is 1.64. The molecule has 1 N–H and O–H groups in total. The lowest BCUT2D eigenvalue weighted by atomic mass is 9.96. The second kappa shape index (κ2) is 8.34. The minimum atomic E-state index is 0.145. The topological polar surface area (TPSA) is 59.1 Å². The van der Waals surface area contributed by atoms with Gasteiger partial charge in [0.05, 0.1) is 24.6 Å². The van der Waals surface area contributed by atoms with Crippen molar-refractivity contribution in [2.45, 2.75) is 52.0 Å². The lowest BCUT2D eigenvalue weighted by molar-refractivity contribution is 0.318. The molecule has 1 aliphatic rings. The zero-order valence-electron chi connectivity index (χ0n) is 14.8. The van der Waals surface area contributed by atoms with Gasteiger partial charge in [-0.15, -0.1) is 11.3 Å². The molecule has 5 nitrogen and oxygen atoms in total. The Balaban J connectivity index is 1.85. The number of benzene rings is 1. The number of phenolic OH excluding ortho intramolecular Hbond substituents is 1. The minimum absolute atomic E-state index is 0.145. The fourth-order valence-electron chi connectivity index (χ4n) is 2.99. The number of aryl methyl sites for hydroxylation is 1. The third-order valence-electron chi connectivity index (χ3n) is 4.32. The van der Waals surface area contributed by atoms with Crippen LogP contribution in [0.15, 0.2) is 33.7 Å². The number of phenols is 1. The molecule has 0 atom stereocenters. The maximum atomic E-state index is 9.80. The Morgan fingerprint density at radius 3 is 2.88 bits per heavy atom. The smallest absolute Gasteiger partial charge is 0.206 e. The van der Waals surface area contributed by atoms with Crippen LogP contribution < -0.4 is 9.54 Å². The Morgan fingerprint density at radius 2 is 2.12 bits per heavy atom. The van der Waals surface area contributed by atoms with Gasteiger partial charge in [-0.05, 0) is 50.5 Å². The van der Waals surface area contributed by atoms with Gasteiger partial charge in [-0.1, -0.05) is 19.3 Å².